The summed E-state index contributed by atoms with van der Waals surface area (Å²) in [4.78, 5) is 14.7. The third-order valence-corrected chi connectivity index (χ3v) is 6.76. The van der Waals surface area contributed by atoms with Crippen molar-refractivity contribution in [1.82, 2.24) is 9.62 Å². The summed E-state index contributed by atoms with van der Waals surface area (Å²) in [6.07, 6.45) is 1.16. The Kier molecular flexibility index (Phi) is 5.53. The van der Waals surface area contributed by atoms with E-state index in [4.69, 9.17) is 5.26 Å². The van der Waals surface area contributed by atoms with Gasteiger partial charge in [0, 0.05) is 13.1 Å². The quantitative estimate of drug-likeness (QED) is 0.688. The van der Waals surface area contributed by atoms with E-state index in [1.807, 2.05) is 30.3 Å². The first-order valence-corrected chi connectivity index (χ1v) is 11.2. The Morgan fingerprint density at radius 3 is 2.63 bits per heavy atom. The van der Waals surface area contributed by atoms with Gasteiger partial charge in [-0.1, -0.05) is 42.5 Å². The minimum absolute atomic E-state index is 0.146. The van der Waals surface area contributed by atoms with E-state index in [1.54, 1.807) is 41.3 Å². The van der Waals surface area contributed by atoms with Gasteiger partial charge in [-0.15, -0.1) is 0 Å². The molecule has 1 saturated heterocycles. The molecule has 0 spiro atoms. The van der Waals surface area contributed by atoms with Gasteiger partial charge in [0.15, 0.2) is 0 Å². The fourth-order valence-corrected chi connectivity index (χ4v) is 5.01. The number of amides is 1. The number of carbonyl (C=O) groups excluding carboxylic acids is 1. The fourth-order valence-electron chi connectivity index (χ4n) is 3.76. The molecule has 0 saturated carbocycles. The molecule has 0 unspecified atom stereocenters. The standard InChI is InChI=1S/C23H21N3O3S/c24-15-17-5-3-6-18(13-17)16-26-12-4-9-22(23(26)27)25-30(28,29)21-11-10-19-7-1-2-8-20(19)14-21/h1-3,5-8,10-11,13-14,22,25H,4,9,12,16H2/t22-/m0/s1. The molecule has 4 rings (SSSR count). The van der Waals surface area contributed by atoms with Gasteiger partial charge in [0.25, 0.3) is 0 Å². The molecule has 1 aliphatic heterocycles. The van der Waals surface area contributed by atoms with Crippen LogP contribution in [0.4, 0.5) is 0 Å². The number of nitrogens with zero attached hydrogens (tertiary/aromatic N) is 2. The molecule has 1 amide bonds. The maximum absolute atomic E-state index is 12.9. The van der Waals surface area contributed by atoms with E-state index in [0.29, 0.717) is 31.5 Å². The second-order valence-electron chi connectivity index (χ2n) is 7.40. The molecule has 152 valence electrons. The Bertz CT molecular complexity index is 1250. The normalized spacial score (nSPS) is 17.1. The second-order valence-corrected chi connectivity index (χ2v) is 9.11. The summed E-state index contributed by atoms with van der Waals surface area (Å²) in [5, 5.41) is 10.8. The summed E-state index contributed by atoms with van der Waals surface area (Å²) in [6.45, 7) is 0.909. The number of hydrogen-bond acceptors (Lipinski definition) is 4. The summed E-state index contributed by atoms with van der Waals surface area (Å²) in [5.41, 5.74) is 1.38. The van der Waals surface area contributed by atoms with Gasteiger partial charge in [-0.05, 0) is 53.4 Å². The van der Waals surface area contributed by atoms with Crippen LogP contribution < -0.4 is 4.72 Å². The zero-order chi connectivity index (χ0) is 21.1. The van der Waals surface area contributed by atoms with Crippen molar-refractivity contribution in [3.05, 3.63) is 77.9 Å². The number of carbonyl (C=O) groups is 1. The molecule has 0 aliphatic carbocycles. The summed E-state index contributed by atoms with van der Waals surface area (Å²) in [6, 6.07) is 20.9. The van der Waals surface area contributed by atoms with Crippen LogP contribution in [0.3, 0.4) is 0 Å². The number of piperidine rings is 1. The third-order valence-electron chi connectivity index (χ3n) is 5.29. The predicted octanol–water partition coefficient (Wildman–Crippen LogP) is 3.18. The van der Waals surface area contributed by atoms with Gasteiger partial charge in [-0.2, -0.15) is 9.98 Å². The lowest BCUT2D eigenvalue weighted by Gasteiger charge is -2.32. The SMILES string of the molecule is N#Cc1cccc(CN2CCC[C@H](NS(=O)(=O)c3ccc4ccccc4c3)C2=O)c1. The van der Waals surface area contributed by atoms with Gasteiger partial charge >= 0.3 is 0 Å². The van der Waals surface area contributed by atoms with Crippen molar-refractivity contribution in [1.29, 1.82) is 5.26 Å². The van der Waals surface area contributed by atoms with Crippen molar-refractivity contribution in [2.75, 3.05) is 6.54 Å². The van der Waals surface area contributed by atoms with E-state index in [-0.39, 0.29) is 10.8 Å². The van der Waals surface area contributed by atoms with Crippen molar-refractivity contribution >= 4 is 26.7 Å². The summed E-state index contributed by atoms with van der Waals surface area (Å²) in [5.74, 6) is -0.243. The monoisotopic (exact) mass is 419 g/mol. The van der Waals surface area contributed by atoms with Crippen molar-refractivity contribution in [2.24, 2.45) is 0 Å². The molecule has 1 atom stereocenters. The summed E-state index contributed by atoms with van der Waals surface area (Å²) < 4.78 is 28.4. The molecule has 1 aliphatic rings. The highest BCUT2D eigenvalue weighted by atomic mass is 32.2. The molecular weight excluding hydrogens is 398 g/mol. The van der Waals surface area contributed by atoms with Gasteiger partial charge in [0.2, 0.25) is 15.9 Å². The molecule has 3 aromatic carbocycles. The van der Waals surface area contributed by atoms with Crippen LogP contribution in [0, 0.1) is 11.3 Å². The fraction of sp³-hybridized carbons (Fsp3) is 0.217. The molecule has 0 bridgehead atoms. The topological polar surface area (TPSA) is 90.3 Å². The van der Waals surface area contributed by atoms with E-state index in [1.165, 1.54) is 0 Å². The van der Waals surface area contributed by atoms with Crippen LogP contribution in [0.1, 0.15) is 24.0 Å². The van der Waals surface area contributed by atoms with Crippen LogP contribution in [0.2, 0.25) is 0 Å². The highest BCUT2D eigenvalue weighted by Gasteiger charge is 2.32. The first-order chi connectivity index (χ1) is 14.5. The lowest BCUT2D eigenvalue weighted by atomic mass is 10.0. The lowest BCUT2D eigenvalue weighted by Crippen LogP contribution is -2.51. The van der Waals surface area contributed by atoms with Crippen LogP contribution in [-0.4, -0.2) is 31.8 Å². The smallest absolute Gasteiger partial charge is 0.241 e. The molecule has 1 N–H and O–H groups in total. The molecule has 0 radical (unpaired) electrons. The minimum atomic E-state index is -3.83. The Balaban J connectivity index is 1.51. The Labute approximate surface area is 175 Å². The van der Waals surface area contributed by atoms with E-state index in [9.17, 15) is 13.2 Å². The van der Waals surface area contributed by atoms with E-state index >= 15 is 0 Å². The third kappa shape index (κ3) is 4.20. The zero-order valence-electron chi connectivity index (χ0n) is 16.3. The lowest BCUT2D eigenvalue weighted by molar-refractivity contribution is -0.136. The molecule has 1 heterocycles. The number of likely N-dealkylation sites (tertiary alicyclic amines) is 1. The van der Waals surface area contributed by atoms with Crippen molar-refractivity contribution < 1.29 is 13.2 Å². The van der Waals surface area contributed by atoms with Crippen LogP contribution in [0.15, 0.2) is 71.6 Å². The molecule has 30 heavy (non-hydrogen) atoms. The summed E-state index contributed by atoms with van der Waals surface area (Å²) in [7, 11) is -3.83. The zero-order valence-corrected chi connectivity index (χ0v) is 17.1. The number of nitriles is 1. The number of hydrogen-bond donors (Lipinski definition) is 1. The number of nitrogens with one attached hydrogen (secondary N) is 1. The van der Waals surface area contributed by atoms with E-state index in [2.05, 4.69) is 10.8 Å². The second kappa shape index (κ2) is 8.27. The molecule has 6 nitrogen and oxygen atoms in total. The van der Waals surface area contributed by atoms with Gasteiger partial charge in [-0.25, -0.2) is 8.42 Å². The summed E-state index contributed by atoms with van der Waals surface area (Å²) >= 11 is 0. The highest BCUT2D eigenvalue weighted by molar-refractivity contribution is 7.89. The van der Waals surface area contributed by atoms with Gasteiger partial charge in [0.05, 0.1) is 16.5 Å². The number of rotatable bonds is 5. The number of benzene rings is 3. The van der Waals surface area contributed by atoms with Crippen molar-refractivity contribution in [2.45, 2.75) is 30.3 Å². The average molecular weight is 420 g/mol. The first-order valence-electron chi connectivity index (χ1n) is 9.75. The van der Waals surface area contributed by atoms with Crippen LogP contribution in [0.25, 0.3) is 10.8 Å². The Hall–Kier alpha value is -3.21. The molecular formula is C23H21N3O3S. The average Bonchev–Trinajstić information content (AvgIpc) is 2.76. The van der Waals surface area contributed by atoms with Crippen LogP contribution >= 0.6 is 0 Å². The van der Waals surface area contributed by atoms with Crippen LogP contribution in [0.5, 0.6) is 0 Å². The van der Waals surface area contributed by atoms with E-state index in [0.717, 1.165) is 16.3 Å². The molecule has 3 aromatic rings. The molecule has 1 fully saturated rings. The minimum Gasteiger partial charge on any atom is -0.337 e. The largest absolute Gasteiger partial charge is 0.337 e. The molecule has 7 heteroatoms. The predicted molar refractivity (Wildman–Crippen MR) is 114 cm³/mol. The first kappa shape index (κ1) is 20.1. The Morgan fingerprint density at radius 1 is 1.03 bits per heavy atom. The van der Waals surface area contributed by atoms with Gasteiger partial charge in [-0.3, -0.25) is 4.79 Å². The van der Waals surface area contributed by atoms with Crippen molar-refractivity contribution in [3.63, 3.8) is 0 Å². The molecule has 0 aromatic heterocycles. The number of fused-ring (bicyclic) bond motifs is 1. The maximum atomic E-state index is 12.9. The van der Waals surface area contributed by atoms with Crippen LogP contribution in [-0.2, 0) is 21.4 Å². The van der Waals surface area contributed by atoms with Gasteiger partial charge in [0.1, 0.15) is 6.04 Å². The highest BCUT2D eigenvalue weighted by Crippen LogP contribution is 2.21. The van der Waals surface area contributed by atoms with E-state index < -0.39 is 16.1 Å². The Morgan fingerprint density at radius 2 is 1.83 bits per heavy atom. The number of sulfonamides is 1. The van der Waals surface area contributed by atoms with Crippen molar-refractivity contribution in [3.8, 4) is 6.07 Å². The van der Waals surface area contributed by atoms with Gasteiger partial charge < -0.3 is 4.90 Å². The maximum Gasteiger partial charge on any atom is 0.241 e.